The van der Waals surface area contributed by atoms with Crippen LogP contribution in [-0.4, -0.2) is 54.0 Å². The number of benzene rings is 2. The van der Waals surface area contributed by atoms with Gasteiger partial charge in [-0.15, -0.1) is 0 Å². The van der Waals surface area contributed by atoms with E-state index >= 15 is 0 Å². The van der Waals surface area contributed by atoms with Crippen LogP contribution in [0.15, 0.2) is 54.9 Å². The van der Waals surface area contributed by atoms with Crippen LogP contribution in [-0.2, 0) is 24.1 Å². The minimum atomic E-state index is -1.06. The van der Waals surface area contributed by atoms with E-state index in [0.717, 1.165) is 28.8 Å². The zero-order valence-corrected chi connectivity index (χ0v) is 27.2. The van der Waals surface area contributed by atoms with E-state index in [1.54, 1.807) is 39.0 Å². The average Bonchev–Trinajstić information content (AvgIpc) is 3.81. The summed E-state index contributed by atoms with van der Waals surface area (Å²) < 4.78 is 33.9. The molecule has 49 heavy (non-hydrogen) atoms. The fourth-order valence-electron chi connectivity index (χ4n) is 5.83. The van der Waals surface area contributed by atoms with Gasteiger partial charge in [-0.2, -0.15) is 10.2 Å². The molecule has 3 aromatic heterocycles. The largest absolute Gasteiger partial charge is 0.456 e. The van der Waals surface area contributed by atoms with Crippen LogP contribution in [0.5, 0.6) is 0 Å². The highest BCUT2D eigenvalue weighted by Gasteiger charge is 2.30. The lowest BCUT2D eigenvalue weighted by atomic mass is 9.97. The van der Waals surface area contributed by atoms with Gasteiger partial charge in [0.05, 0.1) is 29.8 Å². The number of Topliss-reactive ketones (excluding diaryl/α,β-unsaturated/α-hetero) is 1. The van der Waals surface area contributed by atoms with Crippen molar-refractivity contribution in [1.82, 2.24) is 35.4 Å². The lowest BCUT2D eigenvalue weighted by Gasteiger charge is -2.21. The summed E-state index contributed by atoms with van der Waals surface area (Å²) in [5.74, 6) is -4.18. The molecule has 2 aromatic carbocycles. The van der Waals surface area contributed by atoms with Gasteiger partial charge in [0.2, 0.25) is 0 Å². The van der Waals surface area contributed by atoms with Gasteiger partial charge in [0.15, 0.2) is 23.1 Å². The van der Waals surface area contributed by atoms with Crippen molar-refractivity contribution in [3.63, 3.8) is 0 Å². The maximum absolute atomic E-state index is 13.9. The Labute approximate surface area is 279 Å². The molecule has 0 saturated carbocycles. The van der Waals surface area contributed by atoms with Crippen molar-refractivity contribution in [1.29, 1.82) is 0 Å². The highest BCUT2D eigenvalue weighted by atomic mass is 19.2. The molecule has 2 amide bonds. The zero-order chi connectivity index (χ0) is 35.0. The highest BCUT2D eigenvalue weighted by molar-refractivity contribution is 6.04. The number of carbonyl (C=O) groups excluding carboxylic acids is 4. The first-order valence-electron chi connectivity index (χ1n) is 15.6. The summed E-state index contributed by atoms with van der Waals surface area (Å²) in [6, 6.07) is 9.22. The first-order valence-corrected chi connectivity index (χ1v) is 15.6. The summed E-state index contributed by atoms with van der Waals surface area (Å²) in [6.45, 7) is 7.10. The van der Waals surface area contributed by atoms with E-state index in [4.69, 9.17) is 4.74 Å². The number of halogens is 2. The summed E-state index contributed by atoms with van der Waals surface area (Å²) >= 11 is 0. The lowest BCUT2D eigenvalue weighted by molar-refractivity contribution is 0.00682. The third kappa shape index (κ3) is 6.93. The normalized spacial score (nSPS) is 14.0. The van der Waals surface area contributed by atoms with Crippen LogP contribution in [0.3, 0.4) is 0 Å². The zero-order valence-electron chi connectivity index (χ0n) is 27.2. The summed E-state index contributed by atoms with van der Waals surface area (Å²) in [5.41, 5.74) is 3.04. The molecule has 0 radical (unpaired) electrons. The van der Waals surface area contributed by atoms with Crippen molar-refractivity contribution < 1.29 is 32.7 Å². The van der Waals surface area contributed by atoms with Crippen molar-refractivity contribution in [2.24, 2.45) is 0 Å². The molecule has 0 fully saturated rings. The van der Waals surface area contributed by atoms with Crippen molar-refractivity contribution in [3.8, 4) is 0 Å². The second kappa shape index (κ2) is 13.0. The molecule has 1 atom stereocenters. The summed E-state index contributed by atoms with van der Waals surface area (Å²) in [6.07, 6.45) is 3.91. The highest BCUT2D eigenvalue weighted by Crippen LogP contribution is 2.35. The van der Waals surface area contributed by atoms with E-state index in [1.807, 2.05) is 6.92 Å². The number of H-pyrrole nitrogens is 1. The van der Waals surface area contributed by atoms with Crippen LogP contribution in [0.1, 0.15) is 103 Å². The number of ketones is 1. The van der Waals surface area contributed by atoms with Crippen LogP contribution in [0.4, 0.5) is 8.78 Å². The van der Waals surface area contributed by atoms with Gasteiger partial charge in [-0.05, 0) is 87.1 Å². The topological polar surface area (TPSA) is 160 Å². The number of hydrogen-bond donors (Lipinski definition) is 3. The van der Waals surface area contributed by atoms with E-state index in [1.165, 1.54) is 29.0 Å². The molecule has 5 aromatic rings. The van der Waals surface area contributed by atoms with Gasteiger partial charge in [0.1, 0.15) is 17.0 Å². The maximum Gasteiger partial charge on any atom is 0.338 e. The van der Waals surface area contributed by atoms with Crippen LogP contribution < -0.4 is 10.6 Å². The Hall–Kier alpha value is -5.79. The first-order chi connectivity index (χ1) is 23.3. The monoisotopic (exact) mass is 669 g/mol. The molecule has 0 saturated heterocycles. The number of hydrogen-bond acceptors (Lipinski definition) is 8. The number of ether oxygens (including phenoxy) is 1. The number of rotatable bonds is 9. The molecule has 6 rings (SSSR count). The minimum Gasteiger partial charge on any atom is -0.456 e. The predicted molar refractivity (Wildman–Crippen MR) is 172 cm³/mol. The third-order valence-corrected chi connectivity index (χ3v) is 8.20. The van der Waals surface area contributed by atoms with Gasteiger partial charge in [-0.3, -0.25) is 19.5 Å². The van der Waals surface area contributed by atoms with Crippen molar-refractivity contribution in [2.75, 3.05) is 0 Å². The molecular weight excluding hydrogens is 636 g/mol. The Morgan fingerprint density at radius 2 is 1.82 bits per heavy atom. The van der Waals surface area contributed by atoms with E-state index in [9.17, 15) is 28.0 Å². The predicted octanol–water partition coefficient (Wildman–Crippen LogP) is 4.77. The van der Waals surface area contributed by atoms with Gasteiger partial charge in [0.25, 0.3) is 11.8 Å². The Morgan fingerprint density at radius 1 is 1.02 bits per heavy atom. The van der Waals surface area contributed by atoms with Crippen molar-refractivity contribution >= 4 is 29.2 Å². The Balaban J connectivity index is 1.30. The molecule has 0 spiro atoms. The minimum absolute atomic E-state index is 0.0141. The summed E-state index contributed by atoms with van der Waals surface area (Å²) in [7, 11) is 0. The van der Waals surface area contributed by atoms with Gasteiger partial charge in [-0.1, -0.05) is 12.1 Å². The lowest BCUT2D eigenvalue weighted by Crippen LogP contribution is -2.31. The number of nitrogens with one attached hydrogen (secondary N) is 3. The molecule has 1 aliphatic rings. The van der Waals surface area contributed by atoms with E-state index in [-0.39, 0.29) is 41.3 Å². The van der Waals surface area contributed by atoms with Gasteiger partial charge in [0, 0.05) is 24.5 Å². The molecule has 3 heterocycles. The van der Waals surface area contributed by atoms with E-state index in [0.29, 0.717) is 29.7 Å². The van der Waals surface area contributed by atoms with E-state index in [2.05, 4.69) is 30.9 Å². The Kier molecular flexibility index (Phi) is 8.80. The average molecular weight is 670 g/mol. The molecule has 14 heteroatoms. The molecule has 0 unspecified atom stereocenters. The number of nitrogens with zero attached hydrogens (tertiary/aromatic N) is 4. The molecule has 252 valence electrons. The Morgan fingerprint density at radius 3 is 2.53 bits per heavy atom. The molecule has 1 aliphatic carbocycles. The number of amides is 2. The second-order valence-corrected chi connectivity index (χ2v) is 12.8. The number of carbonyl (C=O) groups is 4. The fourth-order valence-corrected chi connectivity index (χ4v) is 5.83. The van der Waals surface area contributed by atoms with Crippen LogP contribution >= 0.6 is 0 Å². The fraction of sp³-hybridized carbons (Fsp3) is 0.286. The molecule has 0 bridgehead atoms. The molecule has 3 N–H and O–H groups in total. The van der Waals surface area contributed by atoms with E-state index < -0.39 is 41.1 Å². The quantitative estimate of drug-likeness (QED) is 0.150. The van der Waals surface area contributed by atoms with Gasteiger partial charge < -0.3 is 15.4 Å². The maximum atomic E-state index is 13.9. The number of aromatic amines is 1. The SMILES string of the molecule is Cc1c(C(=O)OC(C)(C)C)ccc2c1CC[C@@H]2NC(=O)c1cc(C(=O)NCc2ccc(F)c(F)c2)nc2c(C(=O)Cc3ccn[nH]3)cnn12. The molecule has 0 aliphatic heterocycles. The van der Waals surface area contributed by atoms with Crippen LogP contribution in [0, 0.1) is 18.6 Å². The van der Waals surface area contributed by atoms with Crippen LogP contribution in [0.25, 0.3) is 5.65 Å². The smallest absolute Gasteiger partial charge is 0.338 e. The third-order valence-electron chi connectivity index (χ3n) is 8.20. The van der Waals surface area contributed by atoms with Crippen LogP contribution in [0.2, 0.25) is 0 Å². The second-order valence-electron chi connectivity index (χ2n) is 12.8. The number of fused-ring (bicyclic) bond motifs is 2. The summed E-state index contributed by atoms with van der Waals surface area (Å²) in [4.78, 5) is 57.7. The number of aromatic nitrogens is 5. The standard InChI is InChI=1S/C35H33F2N7O5/c1-18-21-8-10-27(23(21)7-6-22(18)34(48)49-35(2,3)4)42-33(47)29-15-28(32(46)38-16-19-5-9-25(36)26(37)13-19)41-31-24(17-40-44(29)31)30(45)14-20-11-12-39-43-20/h5-7,9,11-13,15,17,27H,8,10,14,16H2,1-4H3,(H,38,46)(H,39,43)(H,42,47)/t27-/m0/s1. The number of esters is 1. The summed E-state index contributed by atoms with van der Waals surface area (Å²) in [5, 5.41) is 16.5. The van der Waals surface area contributed by atoms with Gasteiger partial charge >= 0.3 is 5.97 Å². The van der Waals surface area contributed by atoms with Crippen molar-refractivity contribution in [3.05, 3.63) is 117 Å². The molecule has 12 nitrogen and oxygen atoms in total. The molecular formula is C35H33F2N7O5. The van der Waals surface area contributed by atoms with Gasteiger partial charge in [-0.25, -0.2) is 23.1 Å². The van der Waals surface area contributed by atoms with Crippen molar-refractivity contribution in [2.45, 2.75) is 65.1 Å². The Bertz CT molecular complexity index is 2120. The first kappa shape index (κ1) is 33.1.